The molecule has 3 heteroatoms. The molecule has 0 atom stereocenters. The molecule has 3 rings (SSSR count). The normalized spacial score (nSPS) is 26.3. The van der Waals surface area contributed by atoms with Crippen LogP contribution in [0.5, 0.6) is 0 Å². The summed E-state index contributed by atoms with van der Waals surface area (Å²) in [6.07, 6.45) is 9.14. The second kappa shape index (κ2) is 6.21. The Labute approximate surface area is 122 Å². The Morgan fingerprint density at radius 1 is 1.15 bits per heavy atom. The SMILES string of the molecule is CCCC1CCC(c2nc(C)c3c(n2)CNCC3)CC1. The van der Waals surface area contributed by atoms with Crippen LogP contribution in [0.3, 0.4) is 0 Å². The lowest BCUT2D eigenvalue weighted by Gasteiger charge is -2.28. The maximum absolute atomic E-state index is 4.90. The first-order valence-electron chi connectivity index (χ1n) is 8.35. The highest BCUT2D eigenvalue weighted by Crippen LogP contribution is 2.36. The highest BCUT2D eigenvalue weighted by Gasteiger charge is 2.25. The van der Waals surface area contributed by atoms with Crippen molar-refractivity contribution in [1.82, 2.24) is 15.3 Å². The lowest BCUT2D eigenvalue weighted by atomic mass is 9.79. The second-order valence-electron chi connectivity index (χ2n) is 6.53. The molecule has 0 aromatic carbocycles. The summed E-state index contributed by atoms with van der Waals surface area (Å²) in [4.78, 5) is 9.74. The van der Waals surface area contributed by atoms with Gasteiger partial charge in [0, 0.05) is 18.2 Å². The average molecular weight is 273 g/mol. The van der Waals surface area contributed by atoms with E-state index in [1.54, 1.807) is 0 Å². The Bertz CT molecular complexity index is 462. The third kappa shape index (κ3) is 2.88. The molecule has 1 aliphatic heterocycles. The predicted octanol–water partition coefficient (Wildman–Crippen LogP) is 3.50. The van der Waals surface area contributed by atoms with Gasteiger partial charge in [0.05, 0.1) is 5.69 Å². The lowest BCUT2D eigenvalue weighted by Crippen LogP contribution is -2.27. The zero-order valence-electron chi connectivity index (χ0n) is 12.9. The third-order valence-corrected chi connectivity index (χ3v) is 5.07. The van der Waals surface area contributed by atoms with Crippen molar-refractivity contribution in [3.63, 3.8) is 0 Å². The standard InChI is InChI=1S/C17H27N3/c1-3-4-13-5-7-14(8-6-13)17-19-12(2)15-9-10-18-11-16(15)20-17/h13-14,18H,3-11H2,1-2H3. The molecule has 0 saturated heterocycles. The number of nitrogens with zero attached hydrogens (tertiary/aromatic N) is 2. The number of rotatable bonds is 3. The van der Waals surface area contributed by atoms with E-state index >= 15 is 0 Å². The van der Waals surface area contributed by atoms with Gasteiger partial charge >= 0.3 is 0 Å². The molecule has 0 spiro atoms. The second-order valence-corrected chi connectivity index (χ2v) is 6.53. The van der Waals surface area contributed by atoms with Crippen molar-refractivity contribution in [2.45, 2.75) is 71.3 Å². The molecule has 2 aliphatic rings. The minimum Gasteiger partial charge on any atom is -0.311 e. The molecular formula is C17H27N3. The van der Waals surface area contributed by atoms with Gasteiger partial charge in [-0.3, -0.25) is 0 Å². The molecule has 1 N–H and O–H groups in total. The van der Waals surface area contributed by atoms with Crippen molar-refractivity contribution in [2.75, 3.05) is 6.54 Å². The molecule has 0 unspecified atom stereocenters. The van der Waals surface area contributed by atoms with Crippen LogP contribution in [0, 0.1) is 12.8 Å². The topological polar surface area (TPSA) is 37.8 Å². The van der Waals surface area contributed by atoms with Gasteiger partial charge in [0.25, 0.3) is 0 Å². The van der Waals surface area contributed by atoms with Crippen molar-refractivity contribution in [3.05, 3.63) is 22.8 Å². The monoisotopic (exact) mass is 273 g/mol. The summed E-state index contributed by atoms with van der Waals surface area (Å²) >= 11 is 0. The van der Waals surface area contributed by atoms with E-state index in [0.29, 0.717) is 5.92 Å². The van der Waals surface area contributed by atoms with Gasteiger partial charge in [-0.1, -0.05) is 19.8 Å². The van der Waals surface area contributed by atoms with Gasteiger partial charge in [-0.15, -0.1) is 0 Å². The van der Waals surface area contributed by atoms with Gasteiger partial charge in [-0.2, -0.15) is 0 Å². The minimum absolute atomic E-state index is 0.606. The molecule has 2 heterocycles. The van der Waals surface area contributed by atoms with Crippen LogP contribution in [0.15, 0.2) is 0 Å². The van der Waals surface area contributed by atoms with Gasteiger partial charge in [-0.25, -0.2) is 9.97 Å². The maximum Gasteiger partial charge on any atom is 0.132 e. The number of hydrogen-bond donors (Lipinski definition) is 1. The van der Waals surface area contributed by atoms with E-state index in [4.69, 9.17) is 9.97 Å². The first kappa shape index (κ1) is 14.0. The van der Waals surface area contributed by atoms with Gasteiger partial charge in [0.1, 0.15) is 5.82 Å². The quantitative estimate of drug-likeness (QED) is 0.916. The van der Waals surface area contributed by atoms with Crippen LogP contribution in [0.2, 0.25) is 0 Å². The smallest absolute Gasteiger partial charge is 0.132 e. The molecule has 1 saturated carbocycles. The number of aryl methyl sites for hydroxylation is 1. The molecule has 110 valence electrons. The average Bonchev–Trinajstić information content (AvgIpc) is 2.48. The van der Waals surface area contributed by atoms with Crippen LogP contribution in [0.4, 0.5) is 0 Å². The van der Waals surface area contributed by atoms with Crippen molar-refractivity contribution in [3.8, 4) is 0 Å². The van der Waals surface area contributed by atoms with E-state index in [2.05, 4.69) is 19.2 Å². The van der Waals surface area contributed by atoms with Crippen LogP contribution in [0.1, 0.15) is 74.1 Å². The van der Waals surface area contributed by atoms with Crippen LogP contribution in [-0.2, 0) is 13.0 Å². The fourth-order valence-corrected chi connectivity index (χ4v) is 3.87. The van der Waals surface area contributed by atoms with E-state index in [-0.39, 0.29) is 0 Å². The zero-order valence-corrected chi connectivity index (χ0v) is 12.9. The van der Waals surface area contributed by atoms with E-state index < -0.39 is 0 Å². The minimum atomic E-state index is 0.606. The molecule has 1 fully saturated rings. The summed E-state index contributed by atoms with van der Waals surface area (Å²) in [5.74, 6) is 2.69. The summed E-state index contributed by atoms with van der Waals surface area (Å²) in [6.45, 7) is 6.46. The largest absolute Gasteiger partial charge is 0.311 e. The van der Waals surface area contributed by atoms with Crippen molar-refractivity contribution in [1.29, 1.82) is 0 Å². The Morgan fingerprint density at radius 3 is 2.70 bits per heavy atom. The van der Waals surface area contributed by atoms with Crippen LogP contribution < -0.4 is 5.32 Å². The summed E-state index contributed by atoms with van der Waals surface area (Å²) < 4.78 is 0. The molecule has 1 aliphatic carbocycles. The van der Waals surface area contributed by atoms with Crippen molar-refractivity contribution in [2.24, 2.45) is 5.92 Å². The third-order valence-electron chi connectivity index (χ3n) is 5.07. The lowest BCUT2D eigenvalue weighted by molar-refractivity contribution is 0.301. The molecule has 1 aromatic rings. The highest BCUT2D eigenvalue weighted by molar-refractivity contribution is 5.28. The van der Waals surface area contributed by atoms with E-state index in [1.165, 1.54) is 55.5 Å². The fraction of sp³-hybridized carbons (Fsp3) is 0.765. The maximum atomic E-state index is 4.90. The van der Waals surface area contributed by atoms with E-state index in [1.807, 2.05) is 0 Å². The van der Waals surface area contributed by atoms with Gasteiger partial charge in [0.2, 0.25) is 0 Å². The van der Waals surface area contributed by atoms with Crippen LogP contribution in [-0.4, -0.2) is 16.5 Å². The Kier molecular flexibility index (Phi) is 4.35. The predicted molar refractivity (Wildman–Crippen MR) is 81.8 cm³/mol. The Morgan fingerprint density at radius 2 is 1.95 bits per heavy atom. The molecule has 3 nitrogen and oxygen atoms in total. The van der Waals surface area contributed by atoms with Gasteiger partial charge < -0.3 is 5.32 Å². The number of hydrogen-bond acceptors (Lipinski definition) is 3. The van der Waals surface area contributed by atoms with E-state index in [0.717, 1.165) is 31.3 Å². The zero-order chi connectivity index (χ0) is 13.9. The summed E-state index contributed by atoms with van der Waals surface area (Å²) in [6, 6.07) is 0. The number of nitrogens with one attached hydrogen (secondary N) is 1. The molecule has 1 aromatic heterocycles. The summed E-state index contributed by atoms with van der Waals surface area (Å²) in [5.41, 5.74) is 3.88. The first-order valence-corrected chi connectivity index (χ1v) is 8.35. The molecule has 0 radical (unpaired) electrons. The van der Waals surface area contributed by atoms with Crippen LogP contribution >= 0.6 is 0 Å². The number of fused-ring (bicyclic) bond motifs is 1. The highest BCUT2D eigenvalue weighted by atomic mass is 15.0. The van der Waals surface area contributed by atoms with E-state index in [9.17, 15) is 0 Å². The molecule has 0 amide bonds. The fourth-order valence-electron chi connectivity index (χ4n) is 3.87. The van der Waals surface area contributed by atoms with Gasteiger partial charge in [-0.05, 0) is 57.1 Å². The molecule has 20 heavy (non-hydrogen) atoms. The summed E-state index contributed by atoms with van der Waals surface area (Å²) in [5, 5.41) is 3.43. The Balaban J connectivity index is 1.73. The number of aromatic nitrogens is 2. The first-order chi connectivity index (χ1) is 9.78. The Hall–Kier alpha value is -0.960. The van der Waals surface area contributed by atoms with Crippen LogP contribution in [0.25, 0.3) is 0 Å². The summed E-state index contributed by atoms with van der Waals surface area (Å²) in [7, 11) is 0. The van der Waals surface area contributed by atoms with Crippen molar-refractivity contribution >= 4 is 0 Å². The van der Waals surface area contributed by atoms with Crippen molar-refractivity contribution < 1.29 is 0 Å². The molecule has 0 bridgehead atoms. The van der Waals surface area contributed by atoms with Gasteiger partial charge in [0.15, 0.2) is 0 Å². The molecular weight excluding hydrogens is 246 g/mol.